The van der Waals surface area contributed by atoms with Gasteiger partial charge in [0.1, 0.15) is 12.1 Å². The molecule has 0 bridgehead atoms. The third kappa shape index (κ3) is 3.06. The van der Waals surface area contributed by atoms with Crippen molar-refractivity contribution in [1.82, 2.24) is 20.2 Å². The van der Waals surface area contributed by atoms with E-state index < -0.39 is 5.82 Å². The Bertz CT molecular complexity index is 943. The zero-order chi connectivity index (χ0) is 18.1. The number of halogens is 2. The summed E-state index contributed by atoms with van der Waals surface area (Å²) in [4.78, 5) is 14.3. The van der Waals surface area contributed by atoms with Gasteiger partial charge in [-0.25, -0.2) is 9.07 Å². The average Bonchev–Trinajstić information content (AvgIpc) is 3.20. The number of hydrogen-bond acceptors (Lipinski definition) is 4. The van der Waals surface area contributed by atoms with E-state index in [4.69, 9.17) is 11.6 Å². The number of carbonyl (C=O) groups is 1. The highest BCUT2D eigenvalue weighted by molar-refractivity contribution is 6.32. The van der Waals surface area contributed by atoms with Crippen molar-refractivity contribution in [3.63, 3.8) is 0 Å². The van der Waals surface area contributed by atoms with E-state index in [1.54, 1.807) is 6.07 Å². The minimum atomic E-state index is -0.411. The summed E-state index contributed by atoms with van der Waals surface area (Å²) in [6.07, 6.45) is 3.12. The van der Waals surface area contributed by atoms with E-state index in [-0.39, 0.29) is 12.3 Å². The molecule has 8 heteroatoms. The van der Waals surface area contributed by atoms with E-state index in [0.717, 1.165) is 17.7 Å². The van der Waals surface area contributed by atoms with Crippen molar-refractivity contribution in [2.75, 3.05) is 11.4 Å². The van der Waals surface area contributed by atoms with E-state index in [2.05, 4.69) is 15.5 Å². The van der Waals surface area contributed by atoms with E-state index in [9.17, 15) is 9.18 Å². The summed E-state index contributed by atoms with van der Waals surface area (Å²) in [5, 5.41) is 11.5. The summed E-state index contributed by atoms with van der Waals surface area (Å²) >= 11 is 6.19. The van der Waals surface area contributed by atoms with Gasteiger partial charge in [-0.15, -0.1) is 5.10 Å². The summed E-state index contributed by atoms with van der Waals surface area (Å²) < 4.78 is 15.9. The lowest BCUT2D eigenvalue weighted by atomic mass is 10.00. The Hall–Kier alpha value is -2.80. The molecule has 2 heterocycles. The van der Waals surface area contributed by atoms with E-state index in [1.807, 2.05) is 24.3 Å². The Balaban J connectivity index is 1.56. The van der Waals surface area contributed by atoms with Gasteiger partial charge in [0.15, 0.2) is 0 Å². The van der Waals surface area contributed by atoms with Crippen LogP contribution in [0.15, 0.2) is 42.7 Å². The van der Waals surface area contributed by atoms with Gasteiger partial charge < -0.3 is 4.90 Å². The normalized spacial score (nSPS) is 13.5. The fourth-order valence-electron chi connectivity index (χ4n) is 3.20. The van der Waals surface area contributed by atoms with Crippen LogP contribution in [0, 0.1) is 5.82 Å². The molecule has 0 saturated carbocycles. The molecule has 0 aliphatic carbocycles. The summed E-state index contributed by atoms with van der Waals surface area (Å²) in [7, 11) is 0. The molecule has 0 N–H and O–H groups in total. The first-order valence-corrected chi connectivity index (χ1v) is 8.61. The van der Waals surface area contributed by atoms with Crippen molar-refractivity contribution in [3.05, 3.63) is 64.7 Å². The number of aromatic nitrogens is 4. The highest BCUT2D eigenvalue weighted by Crippen LogP contribution is 2.35. The number of fused-ring (bicyclic) bond motifs is 1. The second-order valence-corrected chi connectivity index (χ2v) is 6.51. The second kappa shape index (κ2) is 6.84. The molecule has 0 spiro atoms. The topological polar surface area (TPSA) is 63.9 Å². The third-order valence-electron chi connectivity index (χ3n) is 4.46. The molecule has 26 heavy (non-hydrogen) atoms. The van der Waals surface area contributed by atoms with Crippen molar-refractivity contribution in [1.29, 1.82) is 0 Å². The monoisotopic (exact) mass is 371 g/mol. The fraction of sp³-hybridized carbons (Fsp3) is 0.222. The standard InChI is InChI=1S/C18H15ClFN5O/c19-15-7-8-16(20)18-14(15)2-1-9-24(18)17(26)10-12-3-5-13(6-4-12)25-11-21-22-23-25/h3-8,11H,1-2,9-10H2. The molecule has 6 nitrogen and oxygen atoms in total. The predicted octanol–water partition coefficient (Wildman–Crippen LogP) is 2.98. The summed E-state index contributed by atoms with van der Waals surface area (Å²) in [6, 6.07) is 10.2. The van der Waals surface area contributed by atoms with Crippen LogP contribution in [-0.4, -0.2) is 32.7 Å². The lowest BCUT2D eigenvalue weighted by molar-refractivity contribution is -0.118. The fourth-order valence-corrected chi connectivity index (χ4v) is 3.45. The molecule has 1 aliphatic heterocycles. The van der Waals surface area contributed by atoms with Crippen LogP contribution >= 0.6 is 11.6 Å². The molecule has 2 aromatic carbocycles. The van der Waals surface area contributed by atoms with E-state index in [1.165, 1.54) is 22.0 Å². The number of rotatable bonds is 3. The van der Waals surface area contributed by atoms with Gasteiger partial charge in [-0.1, -0.05) is 23.7 Å². The van der Waals surface area contributed by atoms with Gasteiger partial charge in [-0.05, 0) is 58.7 Å². The van der Waals surface area contributed by atoms with E-state index >= 15 is 0 Å². The number of amides is 1. The average molecular weight is 372 g/mol. The Kier molecular flexibility index (Phi) is 4.38. The maximum absolute atomic E-state index is 14.3. The number of carbonyl (C=O) groups excluding carboxylic acids is 1. The number of hydrogen-bond donors (Lipinski definition) is 0. The van der Waals surface area contributed by atoms with Gasteiger partial charge in [0.25, 0.3) is 0 Å². The molecule has 0 radical (unpaired) electrons. The minimum absolute atomic E-state index is 0.151. The Morgan fingerprint density at radius 2 is 2.00 bits per heavy atom. The van der Waals surface area contributed by atoms with Crippen LogP contribution in [0.25, 0.3) is 5.69 Å². The molecule has 1 aromatic heterocycles. The quantitative estimate of drug-likeness (QED) is 0.710. The van der Waals surface area contributed by atoms with Gasteiger partial charge in [0.2, 0.25) is 5.91 Å². The number of anilines is 1. The zero-order valence-corrected chi connectivity index (χ0v) is 14.5. The molecule has 132 valence electrons. The largest absolute Gasteiger partial charge is 0.309 e. The highest BCUT2D eigenvalue weighted by Gasteiger charge is 2.27. The predicted molar refractivity (Wildman–Crippen MR) is 94.9 cm³/mol. The smallest absolute Gasteiger partial charge is 0.231 e. The molecule has 0 fully saturated rings. The minimum Gasteiger partial charge on any atom is -0.309 e. The molecule has 1 amide bonds. The van der Waals surface area contributed by atoms with Gasteiger partial charge in [0.05, 0.1) is 17.8 Å². The van der Waals surface area contributed by atoms with Crippen LogP contribution in [0.5, 0.6) is 0 Å². The van der Waals surface area contributed by atoms with Gasteiger partial charge >= 0.3 is 0 Å². The molecule has 3 aromatic rings. The SMILES string of the molecule is O=C(Cc1ccc(-n2cnnn2)cc1)N1CCCc2c(Cl)ccc(F)c21. The van der Waals surface area contributed by atoms with Crippen molar-refractivity contribution in [2.24, 2.45) is 0 Å². The molecule has 0 unspecified atom stereocenters. The Morgan fingerprint density at radius 1 is 1.19 bits per heavy atom. The van der Waals surface area contributed by atoms with Gasteiger partial charge in [0, 0.05) is 11.6 Å². The zero-order valence-electron chi connectivity index (χ0n) is 13.8. The third-order valence-corrected chi connectivity index (χ3v) is 4.82. The van der Waals surface area contributed by atoms with Gasteiger partial charge in [-0.3, -0.25) is 4.79 Å². The summed E-state index contributed by atoms with van der Waals surface area (Å²) in [6.45, 7) is 0.492. The van der Waals surface area contributed by atoms with Gasteiger partial charge in [-0.2, -0.15) is 0 Å². The maximum atomic E-state index is 14.3. The molecule has 1 aliphatic rings. The lowest BCUT2D eigenvalue weighted by Crippen LogP contribution is -2.37. The molecular weight excluding hydrogens is 357 g/mol. The van der Waals surface area contributed by atoms with Crippen LogP contribution in [0.3, 0.4) is 0 Å². The summed E-state index contributed by atoms with van der Waals surface area (Å²) in [5.74, 6) is -0.561. The lowest BCUT2D eigenvalue weighted by Gasteiger charge is -2.30. The van der Waals surface area contributed by atoms with Crippen LogP contribution in [0.1, 0.15) is 17.5 Å². The Morgan fingerprint density at radius 3 is 2.73 bits per heavy atom. The first kappa shape index (κ1) is 16.7. The van der Waals surface area contributed by atoms with Crippen LogP contribution in [-0.2, 0) is 17.6 Å². The highest BCUT2D eigenvalue weighted by atomic mass is 35.5. The van der Waals surface area contributed by atoms with Crippen LogP contribution in [0.2, 0.25) is 5.02 Å². The van der Waals surface area contributed by atoms with Crippen LogP contribution in [0.4, 0.5) is 10.1 Å². The molecular formula is C18H15ClFN5O. The van der Waals surface area contributed by atoms with Crippen molar-refractivity contribution >= 4 is 23.2 Å². The molecule has 0 saturated heterocycles. The number of tetrazole rings is 1. The molecule has 0 atom stereocenters. The summed E-state index contributed by atoms with van der Waals surface area (Å²) in [5.41, 5.74) is 2.66. The van der Waals surface area contributed by atoms with Crippen LogP contribution < -0.4 is 4.90 Å². The first-order valence-electron chi connectivity index (χ1n) is 8.23. The first-order chi connectivity index (χ1) is 12.6. The second-order valence-electron chi connectivity index (χ2n) is 6.10. The Labute approximate surface area is 154 Å². The van der Waals surface area contributed by atoms with Crippen molar-refractivity contribution < 1.29 is 9.18 Å². The van der Waals surface area contributed by atoms with E-state index in [0.29, 0.717) is 29.2 Å². The van der Waals surface area contributed by atoms with Crippen molar-refractivity contribution in [2.45, 2.75) is 19.3 Å². The van der Waals surface area contributed by atoms with Crippen molar-refractivity contribution in [3.8, 4) is 5.69 Å². The maximum Gasteiger partial charge on any atom is 0.231 e. The number of nitrogens with zero attached hydrogens (tertiary/aromatic N) is 5. The number of benzene rings is 2. The molecule has 4 rings (SSSR count).